The van der Waals surface area contributed by atoms with Crippen LogP contribution in [0.25, 0.3) is 0 Å². The van der Waals surface area contributed by atoms with Crippen LogP contribution in [0.2, 0.25) is 0 Å². The first-order chi connectivity index (χ1) is 11.2. The van der Waals surface area contributed by atoms with Crippen LogP contribution in [0, 0.1) is 10.1 Å². The molecule has 1 saturated heterocycles. The largest absolute Gasteiger partial charge is 0.382 e. The van der Waals surface area contributed by atoms with Gasteiger partial charge in [0, 0.05) is 48.5 Å². The Balaban J connectivity index is 1.59. The second-order valence-electron chi connectivity index (χ2n) is 5.54. The topological polar surface area (TPSA) is 76.4 Å². The van der Waals surface area contributed by atoms with E-state index in [4.69, 9.17) is 4.74 Å². The first-order valence-electron chi connectivity index (χ1n) is 7.66. The van der Waals surface area contributed by atoms with Crippen molar-refractivity contribution in [2.45, 2.75) is 18.9 Å². The first-order valence-corrected chi connectivity index (χ1v) is 7.66. The maximum Gasteiger partial charge on any atom is 0.269 e. The van der Waals surface area contributed by atoms with Gasteiger partial charge in [-0.3, -0.25) is 10.1 Å². The summed E-state index contributed by atoms with van der Waals surface area (Å²) < 4.78 is 5.35. The number of nitro benzene ring substituents is 1. The van der Waals surface area contributed by atoms with Gasteiger partial charge in [0.1, 0.15) is 0 Å². The quantitative estimate of drug-likeness (QED) is 0.646. The molecule has 2 aromatic carbocycles. The minimum atomic E-state index is -0.402. The second-order valence-corrected chi connectivity index (χ2v) is 5.54. The number of hydrogen-bond acceptors (Lipinski definition) is 5. The zero-order valence-electron chi connectivity index (χ0n) is 12.7. The number of anilines is 3. The van der Waals surface area contributed by atoms with Crippen LogP contribution in [-0.4, -0.2) is 24.2 Å². The molecule has 0 amide bonds. The number of hydrogen-bond donors (Lipinski definition) is 2. The van der Waals surface area contributed by atoms with E-state index in [1.54, 1.807) is 12.1 Å². The van der Waals surface area contributed by atoms with Gasteiger partial charge < -0.3 is 15.4 Å². The zero-order valence-corrected chi connectivity index (χ0v) is 12.7. The maximum atomic E-state index is 10.6. The molecule has 0 radical (unpaired) electrons. The predicted molar refractivity (Wildman–Crippen MR) is 90.3 cm³/mol. The summed E-state index contributed by atoms with van der Waals surface area (Å²) in [5.74, 6) is 0. The van der Waals surface area contributed by atoms with Crippen molar-refractivity contribution in [1.82, 2.24) is 0 Å². The smallest absolute Gasteiger partial charge is 0.269 e. The average Bonchev–Trinajstić information content (AvgIpc) is 2.58. The van der Waals surface area contributed by atoms with Gasteiger partial charge in [0.15, 0.2) is 0 Å². The Labute approximate surface area is 134 Å². The fourth-order valence-corrected chi connectivity index (χ4v) is 2.56. The molecule has 0 spiro atoms. The summed E-state index contributed by atoms with van der Waals surface area (Å²) in [7, 11) is 0. The summed E-state index contributed by atoms with van der Waals surface area (Å²) in [6, 6.07) is 14.9. The SMILES string of the molecule is O=[N+]([O-])c1ccc(Nc2ccc(NC3CCOCC3)cc2)cc1. The molecule has 1 aliphatic heterocycles. The third-order valence-electron chi connectivity index (χ3n) is 3.84. The molecule has 0 bridgehead atoms. The van der Waals surface area contributed by atoms with E-state index in [2.05, 4.69) is 10.6 Å². The van der Waals surface area contributed by atoms with Gasteiger partial charge in [-0.1, -0.05) is 0 Å². The summed E-state index contributed by atoms with van der Waals surface area (Å²) in [5, 5.41) is 17.4. The van der Waals surface area contributed by atoms with Crippen LogP contribution in [-0.2, 0) is 4.74 Å². The maximum absolute atomic E-state index is 10.6. The van der Waals surface area contributed by atoms with E-state index in [1.165, 1.54) is 12.1 Å². The van der Waals surface area contributed by atoms with E-state index in [0.717, 1.165) is 43.1 Å². The Morgan fingerprint density at radius 1 is 0.913 bits per heavy atom. The van der Waals surface area contributed by atoms with Crippen LogP contribution in [0.5, 0.6) is 0 Å². The van der Waals surface area contributed by atoms with Crippen molar-refractivity contribution in [3.63, 3.8) is 0 Å². The molecule has 6 heteroatoms. The Morgan fingerprint density at radius 2 is 1.43 bits per heavy atom. The highest BCUT2D eigenvalue weighted by Gasteiger charge is 2.13. The number of ether oxygens (including phenoxy) is 1. The molecule has 1 heterocycles. The Morgan fingerprint density at radius 3 is 2.00 bits per heavy atom. The fraction of sp³-hybridized carbons (Fsp3) is 0.294. The molecule has 0 saturated carbocycles. The normalized spacial score (nSPS) is 15.1. The molecule has 1 aliphatic rings. The Kier molecular flexibility index (Phi) is 4.73. The van der Waals surface area contributed by atoms with Crippen molar-refractivity contribution in [2.24, 2.45) is 0 Å². The Hall–Kier alpha value is -2.60. The lowest BCUT2D eigenvalue weighted by molar-refractivity contribution is -0.384. The molecule has 23 heavy (non-hydrogen) atoms. The zero-order chi connectivity index (χ0) is 16.1. The highest BCUT2D eigenvalue weighted by Crippen LogP contribution is 2.22. The summed E-state index contributed by atoms with van der Waals surface area (Å²) in [4.78, 5) is 10.2. The van der Waals surface area contributed by atoms with E-state index in [1.807, 2.05) is 24.3 Å². The van der Waals surface area contributed by atoms with Crippen molar-refractivity contribution in [1.29, 1.82) is 0 Å². The van der Waals surface area contributed by atoms with E-state index in [-0.39, 0.29) is 5.69 Å². The molecule has 2 aromatic rings. The van der Waals surface area contributed by atoms with Crippen LogP contribution >= 0.6 is 0 Å². The standard InChI is InChI=1S/C17H19N3O3/c21-20(22)17-7-5-15(6-8-17)18-13-1-3-14(4-2-13)19-16-9-11-23-12-10-16/h1-8,16,18-19H,9-12H2. The number of nitrogens with one attached hydrogen (secondary N) is 2. The van der Waals surface area contributed by atoms with Gasteiger partial charge in [0.05, 0.1) is 4.92 Å². The minimum absolute atomic E-state index is 0.0894. The molecule has 0 atom stereocenters. The molecule has 3 rings (SSSR count). The van der Waals surface area contributed by atoms with Crippen LogP contribution in [0.4, 0.5) is 22.7 Å². The number of rotatable bonds is 5. The van der Waals surface area contributed by atoms with Gasteiger partial charge in [-0.2, -0.15) is 0 Å². The van der Waals surface area contributed by atoms with Crippen molar-refractivity contribution in [3.8, 4) is 0 Å². The average molecular weight is 313 g/mol. The lowest BCUT2D eigenvalue weighted by atomic mass is 10.1. The van der Waals surface area contributed by atoms with Gasteiger partial charge in [0.2, 0.25) is 0 Å². The third-order valence-corrected chi connectivity index (χ3v) is 3.84. The van der Waals surface area contributed by atoms with Crippen molar-refractivity contribution < 1.29 is 9.66 Å². The van der Waals surface area contributed by atoms with Gasteiger partial charge in [0.25, 0.3) is 5.69 Å². The molecule has 0 unspecified atom stereocenters. The van der Waals surface area contributed by atoms with E-state index in [0.29, 0.717) is 6.04 Å². The lowest BCUT2D eigenvalue weighted by Crippen LogP contribution is -2.27. The summed E-state index contributed by atoms with van der Waals surface area (Å²) in [6.07, 6.45) is 2.06. The van der Waals surface area contributed by atoms with E-state index >= 15 is 0 Å². The molecule has 0 aliphatic carbocycles. The predicted octanol–water partition coefficient (Wildman–Crippen LogP) is 3.93. The van der Waals surface area contributed by atoms with Crippen LogP contribution < -0.4 is 10.6 Å². The van der Waals surface area contributed by atoms with Crippen LogP contribution in [0.3, 0.4) is 0 Å². The number of nitro groups is 1. The van der Waals surface area contributed by atoms with Gasteiger partial charge >= 0.3 is 0 Å². The molecule has 2 N–H and O–H groups in total. The van der Waals surface area contributed by atoms with Gasteiger partial charge in [-0.05, 0) is 49.2 Å². The van der Waals surface area contributed by atoms with E-state index in [9.17, 15) is 10.1 Å². The van der Waals surface area contributed by atoms with Gasteiger partial charge in [-0.15, -0.1) is 0 Å². The minimum Gasteiger partial charge on any atom is -0.382 e. The summed E-state index contributed by atoms with van der Waals surface area (Å²) in [5.41, 5.74) is 2.94. The third kappa shape index (κ3) is 4.20. The van der Waals surface area contributed by atoms with Crippen molar-refractivity contribution in [3.05, 3.63) is 58.6 Å². The second kappa shape index (κ2) is 7.11. The highest BCUT2D eigenvalue weighted by molar-refractivity contribution is 5.63. The molecular formula is C17H19N3O3. The number of non-ortho nitro benzene ring substituents is 1. The molecule has 6 nitrogen and oxygen atoms in total. The molecular weight excluding hydrogens is 294 g/mol. The summed E-state index contributed by atoms with van der Waals surface area (Å²) >= 11 is 0. The van der Waals surface area contributed by atoms with E-state index < -0.39 is 4.92 Å². The molecule has 0 aromatic heterocycles. The van der Waals surface area contributed by atoms with Gasteiger partial charge in [-0.25, -0.2) is 0 Å². The first kappa shape index (κ1) is 15.3. The monoisotopic (exact) mass is 313 g/mol. The number of benzene rings is 2. The lowest BCUT2D eigenvalue weighted by Gasteiger charge is -2.24. The molecule has 120 valence electrons. The number of nitrogens with zero attached hydrogens (tertiary/aromatic N) is 1. The fourth-order valence-electron chi connectivity index (χ4n) is 2.56. The Bertz CT molecular complexity index is 650. The van der Waals surface area contributed by atoms with Crippen molar-refractivity contribution in [2.75, 3.05) is 23.8 Å². The van der Waals surface area contributed by atoms with Crippen LogP contribution in [0.15, 0.2) is 48.5 Å². The summed E-state index contributed by atoms with van der Waals surface area (Å²) in [6.45, 7) is 1.63. The van der Waals surface area contributed by atoms with Crippen LogP contribution in [0.1, 0.15) is 12.8 Å². The van der Waals surface area contributed by atoms with Crippen molar-refractivity contribution >= 4 is 22.7 Å². The molecule has 1 fully saturated rings. The highest BCUT2D eigenvalue weighted by atomic mass is 16.6.